The molecule has 2 aromatic heterocycles. The molecule has 0 radical (unpaired) electrons. The van der Waals surface area contributed by atoms with Gasteiger partial charge in [0, 0.05) is 38.4 Å². The third-order valence-electron chi connectivity index (χ3n) is 8.17. The fraction of sp³-hybridized carbons (Fsp3) is 0.0857. The van der Waals surface area contributed by atoms with Crippen LogP contribution in [0.3, 0.4) is 0 Å². The van der Waals surface area contributed by atoms with Crippen molar-refractivity contribution in [3.8, 4) is 28.1 Å². The molecule has 0 N–H and O–H groups in total. The average molecular weight is 476 g/mol. The Labute approximate surface area is 215 Å². The van der Waals surface area contributed by atoms with Crippen LogP contribution in [0.2, 0.25) is 0 Å². The molecule has 0 atom stereocenters. The first-order chi connectivity index (χ1) is 18.1. The number of benzene rings is 5. The van der Waals surface area contributed by atoms with Crippen LogP contribution < -0.4 is 0 Å². The van der Waals surface area contributed by atoms with Crippen molar-refractivity contribution in [2.75, 3.05) is 0 Å². The smallest absolute Gasteiger partial charge is 0.159 e. The fourth-order valence-electron chi connectivity index (χ4n) is 6.48. The largest absolute Gasteiger partial charge is 0.453 e. The number of nitrogens with zero attached hydrogens (tertiary/aromatic N) is 1. The average Bonchev–Trinajstić information content (AvgIpc) is 3.56. The molecule has 0 aliphatic heterocycles. The molecule has 0 amide bonds. The van der Waals surface area contributed by atoms with Gasteiger partial charge in [-0.15, -0.1) is 0 Å². The van der Waals surface area contributed by atoms with Crippen LogP contribution in [0.5, 0.6) is 0 Å². The summed E-state index contributed by atoms with van der Waals surface area (Å²) in [5, 5.41) is 3.65. The Bertz CT molecular complexity index is 1990. The number of fused-ring (bicyclic) bond motifs is 9. The Balaban J connectivity index is 1.52. The minimum atomic E-state index is -0.116. The highest BCUT2D eigenvalue weighted by atomic mass is 16.3. The Morgan fingerprint density at radius 1 is 0.622 bits per heavy atom. The Morgan fingerprint density at radius 3 is 2.14 bits per heavy atom. The maximum Gasteiger partial charge on any atom is 0.159 e. The third kappa shape index (κ3) is 2.70. The van der Waals surface area contributed by atoms with Crippen LogP contribution in [0.15, 0.2) is 120 Å². The minimum Gasteiger partial charge on any atom is -0.453 e. The van der Waals surface area contributed by atoms with Gasteiger partial charge >= 0.3 is 0 Å². The van der Waals surface area contributed by atoms with E-state index in [9.17, 15) is 0 Å². The second kappa shape index (κ2) is 7.24. The lowest BCUT2D eigenvalue weighted by Gasteiger charge is -2.20. The molecule has 0 spiro atoms. The number of rotatable bonds is 2. The van der Waals surface area contributed by atoms with Gasteiger partial charge in [0.2, 0.25) is 0 Å². The number of para-hydroxylation sites is 1. The summed E-state index contributed by atoms with van der Waals surface area (Å²) >= 11 is 0. The predicted molar refractivity (Wildman–Crippen MR) is 154 cm³/mol. The van der Waals surface area contributed by atoms with E-state index < -0.39 is 0 Å². The van der Waals surface area contributed by atoms with Gasteiger partial charge in [-0.2, -0.15) is 0 Å². The summed E-state index contributed by atoms with van der Waals surface area (Å²) in [6.45, 7) is 4.63. The summed E-state index contributed by atoms with van der Waals surface area (Å²) < 4.78 is 9.25. The topological polar surface area (TPSA) is 18.1 Å². The highest BCUT2D eigenvalue weighted by Gasteiger charge is 2.40. The quantitative estimate of drug-likeness (QED) is 0.243. The molecule has 8 rings (SSSR count). The van der Waals surface area contributed by atoms with E-state index in [1.807, 2.05) is 0 Å². The van der Waals surface area contributed by atoms with Gasteiger partial charge in [-0.25, -0.2) is 0 Å². The van der Waals surface area contributed by atoms with E-state index in [-0.39, 0.29) is 5.41 Å². The monoisotopic (exact) mass is 475 g/mol. The second-order valence-corrected chi connectivity index (χ2v) is 10.6. The predicted octanol–water partition coefficient (Wildman–Crippen LogP) is 9.50. The van der Waals surface area contributed by atoms with Crippen molar-refractivity contribution in [3.05, 3.63) is 126 Å². The van der Waals surface area contributed by atoms with Crippen molar-refractivity contribution in [2.24, 2.45) is 0 Å². The zero-order valence-electron chi connectivity index (χ0n) is 20.8. The van der Waals surface area contributed by atoms with Crippen molar-refractivity contribution in [2.45, 2.75) is 19.3 Å². The molecule has 176 valence electrons. The molecule has 1 aliphatic rings. The van der Waals surface area contributed by atoms with Crippen molar-refractivity contribution in [3.63, 3.8) is 0 Å². The van der Waals surface area contributed by atoms with Gasteiger partial charge < -0.3 is 8.98 Å². The molecule has 5 aromatic carbocycles. The molecule has 0 fully saturated rings. The van der Waals surface area contributed by atoms with E-state index in [0.717, 1.165) is 22.5 Å². The number of hydrogen-bond donors (Lipinski definition) is 0. The molecule has 2 nitrogen and oxygen atoms in total. The molecule has 0 saturated carbocycles. The van der Waals surface area contributed by atoms with Crippen LogP contribution in [0, 0.1) is 0 Å². The molecule has 7 aromatic rings. The lowest BCUT2D eigenvalue weighted by molar-refractivity contribution is 0.621. The van der Waals surface area contributed by atoms with E-state index in [4.69, 9.17) is 4.42 Å². The van der Waals surface area contributed by atoms with Gasteiger partial charge in [0.15, 0.2) is 5.58 Å². The lowest BCUT2D eigenvalue weighted by Crippen LogP contribution is -2.14. The molecule has 2 heterocycles. The molecule has 0 unspecified atom stereocenters. The van der Waals surface area contributed by atoms with Gasteiger partial charge in [0.1, 0.15) is 5.76 Å². The summed E-state index contributed by atoms with van der Waals surface area (Å²) in [6, 6.07) is 41.3. The van der Waals surface area contributed by atoms with Gasteiger partial charge in [-0.3, -0.25) is 0 Å². The minimum absolute atomic E-state index is 0.116. The summed E-state index contributed by atoms with van der Waals surface area (Å²) in [4.78, 5) is 0. The van der Waals surface area contributed by atoms with Crippen LogP contribution in [-0.4, -0.2) is 4.57 Å². The SMILES string of the molecule is CC1(C)c2ccccc2-c2oc3c(ccc4c5cc(-c6ccccc6)ccc5n(-c5ccccc5)c43)c21. The number of furan rings is 1. The molecule has 0 bridgehead atoms. The first kappa shape index (κ1) is 20.6. The van der Waals surface area contributed by atoms with Crippen molar-refractivity contribution >= 4 is 32.8 Å². The summed E-state index contributed by atoms with van der Waals surface area (Å²) in [6.07, 6.45) is 0. The van der Waals surface area contributed by atoms with Crippen LogP contribution >= 0.6 is 0 Å². The van der Waals surface area contributed by atoms with Gasteiger partial charge in [0.25, 0.3) is 0 Å². The Morgan fingerprint density at radius 2 is 1.32 bits per heavy atom. The van der Waals surface area contributed by atoms with E-state index in [2.05, 4.69) is 134 Å². The van der Waals surface area contributed by atoms with E-state index in [1.165, 1.54) is 49.5 Å². The van der Waals surface area contributed by atoms with Crippen molar-refractivity contribution in [1.29, 1.82) is 0 Å². The van der Waals surface area contributed by atoms with E-state index >= 15 is 0 Å². The Hall–Kier alpha value is -4.56. The molecule has 2 heteroatoms. The molecule has 37 heavy (non-hydrogen) atoms. The maximum absolute atomic E-state index is 6.87. The molecular weight excluding hydrogens is 450 g/mol. The van der Waals surface area contributed by atoms with E-state index in [0.29, 0.717) is 0 Å². The van der Waals surface area contributed by atoms with Gasteiger partial charge in [-0.1, -0.05) is 105 Å². The van der Waals surface area contributed by atoms with Crippen LogP contribution in [0.4, 0.5) is 0 Å². The van der Waals surface area contributed by atoms with Crippen LogP contribution in [-0.2, 0) is 5.41 Å². The van der Waals surface area contributed by atoms with Crippen LogP contribution in [0.1, 0.15) is 25.0 Å². The number of aromatic nitrogens is 1. The zero-order valence-corrected chi connectivity index (χ0v) is 20.8. The Kier molecular flexibility index (Phi) is 4.03. The third-order valence-corrected chi connectivity index (χ3v) is 8.17. The summed E-state index contributed by atoms with van der Waals surface area (Å²) in [5.74, 6) is 1.01. The van der Waals surface area contributed by atoms with Crippen molar-refractivity contribution < 1.29 is 4.42 Å². The summed E-state index contributed by atoms with van der Waals surface area (Å²) in [7, 11) is 0. The molecule has 1 aliphatic carbocycles. The highest BCUT2D eigenvalue weighted by Crippen LogP contribution is 2.54. The maximum atomic E-state index is 6.87. The standard InChI is InChI=1S/C35H25NO/c1-35(2)29-16-10-9-15-26(29)33-31(35)27-19-18-25-28-21-23(22-11-5-3-6-12-22)17-20-30(28)36(32(25)34(27)37-33)24-13-7-4-8-14-24/h3-21H,1-2H3. The van der Waals surface area contributed by atoms with Gasteiger partial charge in [-0.05, 0) is 41.0 Å². The normalized spacial score (nSPS) is 13.9. The summed E-state index contributed by atoms with van der Waals surface area (Å²) in [5.41, 5.74) is 10.6. The first-order valence-electron chi connectivity index (χ1n) is 12.9. The zero-order chi connectivity index (χ0) is 24.7. The van der Waals surface area contributed by atoms with Crippen molar-refractivity contribution in [1.82, 2.24) is 4.57 Å². The molecular formula is C35H25NO. The molecule has 0 saturated heterocycles. The van der Waals surface area contributed by atoms with E-state index in [1.54, 1.807) is 0 Å². The fourth-order valence-corrected chi connectivity index (χ4v) is 6.48. The van der Waals surface area contributed by atoms with Gasteiger partial charge in [0.05, 0.1) is 11.0 Å². The highest BCUT2D eigenvalue weighted by molar-refractivity contribution is 6.19. The second-order valence-electron chi connectivity index (χ2n) is 10.6. The first-order valence-corrected chi connectivity index (χ1v) is 12.9. The van der Waals surface area contributed by atoms with Crippen LogP contribution in [0.25, 0.3) is 60.9 Å². The number of hydrogen-bond acceptors (Lipinski definition) is 1. The lowest BCUT2D eigenvalue weighted by atomic mass is 9.81.